The number of methoxy groups -OCH3 is 1. The number of rotatable bonds is 4. The topological polar surface area (TPSA) is 41.6 Å². The molecule has 0 spiro atoms. The second-order valence-electron chi connectivity index (χ2n) is 4.74. The number of hydrogen-bond donors (Lipinski definition) is 1. The van der Waals surface area contributed by atoms with Crippen LogP contribution in [0.4, 0.5) is 0 Å². The second-order valence-corrected chi connectivity index (χ2v) is 4.74. The average Bonchev–Trinajstić information content (AvgIpc) is 2.92. The molecule has 1 aromatic rings. The molecule has 1 aliphatic rings. The van der Waals surface area contributed by atoms with Crippen molar-refractivity contribution >= 4 is 18.3 Å². The van der Waals surface area contributed by atoms with Crippen LogP contribution in [0.5, 0.6) is 5.75 Å². The molecule has 0 aliphatic carbocycles. The lowest BCUT2D eigenvalue weighted by molar-refractivity contribution is -0.134. The molecule has 0 saturated carbocycles. The molecule has 0 radical (unpaired) electrons. The molecule has 1 saturated heterocycles. The molecule has 1 N–H and O–H groups in total. The molecular formula is C14H21ClN2O2. The number of nitrogens with one attached hydrogen (secondary N) is 1. The predicted molar refractivity (Wildman–Crippen MR) is 77.7 cm³/mol. The van der Waals surface area contributed by atoms with Crippen molar-refractivity contribution in [3.05, 3.63) is 29.8 Å². The summed E-state index contributed by atoms with van der Waals surface area (Å²) in [5, 5.41) is 3.22. The molecule has 1 fully saturated rings. The van der Waals surface area contributed by atoms with E-state index in [2.05, 4.69) is 5.32 Å². The summed E-state index contributed by atoms with van der Waals surface area (Å²) in [4.78, 5) is 14.0. The van der Waals surface area contributed by atoms with Gasteiger partial charge in [0, 0.05) is 20.1 Å². The number of hydrogen-bond acceptors (Lipinski definition) is 3. The lowest BCUT2D eigenvalue weighted by Gasteiger charge is -2.20. The average molecular weight is 285 g/mol. The van der Waals surface area contributed by atoms with Crippen LogP contribution < -0.4 is 10.1 Å². The molecule has 1 heterocycles. The zero-order valence-corrected chi connectivity index (χ0v) is 12.2. The van der Waals surface area contributed by atoms with Crippen LogP contribution in [0.15, 0.2) is 24.3 Å². The van der Waals surface area contributed by atoms with E-state index in [1.807, 2.05) is 31.3 Å². The van der Waals surface area contributed by atoms with Crippen LogP contribution in [0.2, 0.25) is 0 Å². The molecule has 2 rings (SSSR count). The molecule has 1 unspecified atom stereocenters. The van der Waals surface area contributed by atoms with Crippen LogP contribution in [0.3, 0.4) is 0 Å². The summed E-state index contributed by atoms with van der Waals surface area (Å²) in [5.74, 6) is 1.19. The quantitative estimate of drug-likeness (QED) is 0.915. The minimum absolute atomic E-state index is 0. The van der Waals surface area contributed by atoms with Gasteiger partial charge >= 0.3 is 0 Å². The molecule has 0 bridgehead atoms. The number of carbonyl (C=O) groups is 1. The van der Waals surface area contributed by atoms with Crippen LogP contribution in [0, 0.1) is 5.92 Å². The Bertz CT molecular complexity index is 420. The first kappa shape index (κ1) is 15.8. The summed E-state index contributed by atoms with van der Waals surface area (Å²) in [6, 6.07) is 7.84. The maximum atomic E-state index is 12.2. The van der Waals surface area contributed by atoms with Gasteiger partial charge in [-0.05, 0) is 30.7 Å². The van der Waals surface area contributed by atoms with Crippen LogP contribution >= 0.6 is 12.4 Å². The Kier molecular flexibility index (Phi) is 6.12. The van der Waals surface area contributed by atoms with Crippen molar-refractivity contribution in [2.45, 2.75) is 13.0 Å². The molecular weight excluding hydrogens is 264 g/mol. The third kappa shape index (κ3) is 4.11. The molecule has 1 amide bonds. The van der Waals surface area contributed by atoms with Gasteiger partial charge in [-0.1, -0.05) is 12.1 Å². The fourth-order valence-electron chi connectivity index (χ4n) is 2.30. The zero-order chi connectivity index (χ0) is 13.0. The second kappa shape index (κ2) is 7.36. The standard InChI is InChI=1S/C14H20N2O2.ClH/c1-16(14(17)12-6-7-15-9-12)10-11-4-3-5-13(8-11)18-2;/h3-5,8,12,15H,6-7,9-10H2,1-2H3;1H. The minimum Gasteiger partial charge on any atom is -0.497 e. The number of amides is 1. The van der Waals surface area contributed by atoms with E-state index in [1.165, 1.54) is 0 Å². The molecule has 0 aromatic heterocycles. The van der Waals surface area contributed by atoms with Crippen molar-refractivity contribution in [1.82, 2.24) is 10.2 Å². The van der Waals surface area contributed by atoms with E-state index in [4.69, 9.17) is 4.74 Å². The first-order valence-corrected chi connectivity index (χ1v) is 6.29. The molecule has 1 aromatic carbocycles. The van der Waals surface area contributed by atoms with Crippen molar-refractivity contribution in [1.29, 1.82) is 0 Å². The van der Waals surface area contributed by atoms with E-state index in [1.54, 1.807) is 12.0 Å². The Balaban J connectivity index is 0.00000180. The first-order valence-electron chi connectivity index (χ1n) is 6.29. The molecule has 1 atom stereocenters. The number of ether oxygens (including phenoxy) is 1. The highest BCUT2D eigenvalue weighted by Gasteiger charge is 2.25. The van der Waals surface area contributed by atoms with E-state index < -0.39 is 0 Å². The number of halogens is 1. The Morgan fingerprint density at radius 3 is 2.95 bits per heavy atom. The maximum Gasteiger partial charge on any atom is 0.227 e. The van der Waals surface area contributed by atoms with Crippen molar-refractivity contribution < 1.29 is 9.53 Å². The van der Waals surface area contributed by atoms with Gasteiger partial charge in [-0.2, -0.15) is 0 Å². The lowest BCUT2D eigenvalue weighted by atomic mass is 10.1. The fraction of sp³-hybridized carbons (Fsp3) is 0.500. The van der Waals surface area contributed by atoms with Gasteiger partial charge < -0.3 is 15.0 Å². The highest BCUT2D eigenvalue weighted by atomic mass is 35.5. The van der Waals surface area contributed by atoms with Crippen LogP contribution in [-0.4, -0.2) is 38.1 Å². The van der Waals surface area contributed by atoms with Gasteiger partial charge in [0.2, 0.25) is 5.91 Å². The van der Waals surface area contributed by atoms with E-state index in [0.717, 1.165) is 30.8 Å². The number of nitrogens with zero attached hydrogens (tertiary/aromatic N) is 1. The van der Waals surface area contributed by atoms with Crippen LogP contribution in [0.1, 0.15) is 12.0 Å². The van der Waals surface area contributed by atoms with Gasteiger partial charge in [0.15, 0.2) is 0 Å². The highest BCUT2D eigenvalue weighted by molar-refractivity contribution is 5.85. The molecule has 19 heavy (non-hydrogen) atoms. The maximum absolute atomic E-state index is 12.2. The third-order valence-corrected chi connectivity index (χ3v) is 3.34. The fourth-order valence-corrected chi connectivity index (χ4v) is 2.30. The van der Waals surface area contributed by atoms with Crippen molar-refractivity contribution in [2.24, 2.45) is 5.92 Å². The van der Waals surface area contributed by atoms with Crippen LogP contribution in [0.25, 0.3) is 0 Å². The van der Waals surface area contributed by atoms with Crippen molar-refractivity contribution in [3.8, 4) is 5.75 Å². The van der Waals surface area contributed by atoms with E-state index in [9.17, 15) is 4.79 Å². The predicted octanol–water partition coefficient (Wildman–Crippen LogP) is 1.68. The Hall–Kier alpha value is -1.26. The van der Waals surface area contributed by atoms with Gasteiger partial charge in [-0.25, -0.2) is 0 Å². The van der Waals surface area contributed by atoms with Gasteiger partial charge in [0.25, 0.3) is 0 Å². The summed E-state index contributed by atoms with van der Waals surface area (Å²) >= 11 is 0. The zero-order valence-electron chi connectivity index (χ0n) is 11.4. The molecule has 1 aliphatic heterocycles. The highest BCUT2D eigenvalue weighted by Crippen LogP contribution is 2.16. The number of benzene rings is 1. The molecule has 5 heteroatoms. The van der Waals surface area contributed by atoms with E-state index in [-0.39, 0.29) is 24.2 Å². The largest absolute Gasteiger partial charge is 0.497 e. The van der Waals surface area contributed by atoms with Crippen molar-refractivity contribution in [2.75, 3.05) is 27.2 Å². The normalized spacial score (nSPS) is 17.7. The Morgan fingerprint density at radius 2 is 2.32 bits per heavy atom. The summed E-state index contributed by atoms with van der Waals surface area (Å²) < 4.78 is 5.18. The molecule has 106 valence electrons. The van der Waals surface area contributed by atoms with Gasteiger partial charge in [-0.3, -0.25) is 4.79 Å². The smallest absolute Gasteiger partial charge is 0.227 e. The summed E-state index contributed by atoms with van der Waals surface area (Å²) in [6.07, 6.45) is 0.946. The summed E-state index contributed by atoms with van der Waals surface area (Å²) in [6.45, 7) is 2.39. The van der Waals surface area contributed by atoms with Gasteiger partial charge in [-0.15, -0.1) is 12.4 Å². The summed E-state index contributed by atoms with van der Waals surface area (Å²) in [7, 11) is 3.51. The SMILES string of the molecule is COc1cccc(CN(C)C(=O)C2CCNC2)c1.Cl. The first-order chi connectivity index (χ1) is 8.70. The van der Waals surface area contributed by atoms with Gasteiger partial charge in [0.05, 0.1) is 13.0 Å². The summed E-state index contributed by atoms with van der Waals surface area (Å²) in [5.41, 5.74) is 1.09. The van der Waals surface area contributed by atoms with Gasteiger partial charge in [0.1, 0.15) is 5.75 Å². The number of carbonyl (C=O) groups excluding carboxylic acids is 1. The monoisotopic (exact) mass is 284 g/mol. The van der Waals surface area contributed by atoms with Crippen molar-refractivity contribution in [3.63, 3.8) is 0 Å². The minimum atomic E-state index is 0. The Morgan fingerprint density at radius 1 is 1.53 bits per heavy atom. The van der Waals surface area contributed by atoms with E-state index in [0.29, 0.717) is 6.54 Å². The lowest BCUT2D eigenvalue weighted by Crippen LogP contribution is -2.33. The van der Waals surface area contributed by atoms with Crippen LogP contribution in [-0.2, 0) is 11.3 Å². The van der Waals surface area contributed by atoms with E-state index >= 15 is 0 Å². The molecule has 4 nitrogen and oxygen atoms in total. The Labute approximate surface area is 120 Å². The third-order valence-electron chi connectivity index (χ3n) is 3.34.